The normalized spacial score (nSPS) is 17.7. The Morgan fingerprint density at radius 2 is 2.10 bits per heavy atom. The summed E-state index contributed by atoms with van der Waals surface area (Å²) in [6.45, 7) is 1.91. The van der Waals surface area contributed by atoms with E-state index >= 15 is 0 Å². The van der Waals surface area contributed by atoms with Crippen molar-refractivity contribution in [2.75, 3.05) is 5.32 Å². The van der Waals surface area contributed by atoms with E-state index in [4.69, 9.17) is 0 Å². The van der Waals surface area contributed by atoms with Crippen molar-refractivity contribution in [2.45, 2.75) is 25.4 Å². The number of rotatable bonds is 3. The second-order valence-corrected chi connectivity index (χ2v) is 5.38. The topological polar surface area (TPSA) is 61.4 Å². The molecule has 2 aromatic rings. The van der Waals surface area contributed by atoms with Crippen molar-refractivity contribution >= 4 is 11.6 Å². The van der Waals surface area contributed by atoms with Gasteiger partial charge in [-0.05, 0) is 36.2 Å². The van der Waals surface area contributed by atoms with Gasteiger partial charge in [-0.2, -0.15) is 0 Å². The summed E-state index contributed by atoms with van der Waals surface area (Å²) in [6.07, 6.45) is 0.703. The van der Waals surface area contributed by atoms with Crippen molar-refractivity contribution in [1.82, 2.24) is 5.32 Å². The van der Waals surface area contributed by atoms with Gasteiger partial charge in [0, 0.05) is 12.1 Å². The maximum atomic E-state index is 12.3. The van der Waals surface area contributed by atoms with Crippen LogP contribution >= 0.6 is 0 Å². The summed E-state index contributed by atoms with van der Waals surface area (Å²) in [4.78, 5) is 12.3. The molecule has 4 nitrogen and oxygen atoms in total. The zero-order valence-corrected chi connectivity index (χ0v) is 11.8. The van der Waals surface area contributed by atoms with Crippen molar-refractivity contribution in [3.63, 3.8) is 0 Å². The van der Waals surface area contributed by atoms with Gasteiger partial charge in [-0.1, -0.05) is 30.3 Å². The Balaban J connectivity index is 1.65. The first kappa shape index (κ1) is 13.5. The van der Waals surface area contributed by atoms with E-state index in [1.807, 2.05) is 37.3 Å². The molecule has 1 aliphatic rings. The quantitative estimate of drug-likeness (QED) is 0.811. The van der Waals surface area contributed by atoms with Crippen LogP contribution in [0.15, 0.2) is 48.5 Å². The highest BCUT2D eigenvalue weighted by atomic mass is 16.3. The molecular weight excluding hydrogens is 264 g/mol. The molecular formula is C17H18N2O2. The first-order chi connectivity index (χ1) is 10.1. The predicted octanol–water partition coefficient (Wildman–Crippen LogP) is 2.61. The van der Waals surface area contributed by atoms with E-state index in [0.29, 0.717) is 6.42 Å². The van der Waals surface area contributed by atoms with Gasteiger partial charge in [0.1, 0.15) is 11.8 Å². The molecule has 2 atom stereocenters. The number of phenolic OH excluding ortho intramolecular Hbond substituents is 1. The third kappa shape index (κ3) is 2.84. The van der Waals surface area contributed by atoms with E-state index in [1.54, 1.807) is 18.2 Å². The molecule has 4 heteroatoms. The number of hydrogen-bond acceptors (Lipinski definition) is 3. The second kappa shape index (κ2) is 5.48. The molecule has 0 aliphatic carbocycles. The van der Waals surface area contributed by atoms with Gasteiger partial charge in [-0.15, -0.1) is 0 Å². The third-order valence-corrected chi connectivity index (χ3v) is 3.82. The standard InChI is InChI=1S/C17H18N2O2/c1-11(12-6-4-7-14(20)9-12)18-17(21)16-10-13-5-2-3-8-15(13)19-16/h2-9,11,16,19-20H,10H2,1H3,(H,18,21). The monoisotopic (exact) mass is 282 g/mol. The molecule has 0 spiro atoms. The van der Waals surface area contributed by atoms with Crippen LogP contribution < -0.4 is 10.6 Å². The minimum absolute atomic E-state index is 0.0259. The Labute approximate surface area is 123 Å². The highest BCUT2D eigenvalue weighted by Crippen LogP contribution is 2.26. The van der Waals surface area contributed by atoms with Crippen molar-refractivity contribution in [3.05, 3.63) is 59.7 Å². The molecule has 0 fully saturated rings. The lowest BCUT2D eigenvalue weighted by atomic mass is 10.1. The zero-order chi connectivity index (χ0) is 14.8. The molecule has 0 bridgehead atoms. The number of nitrogens with one attached hydrogen (secondary N) is 2. The summed E-state index contributed by atoms with van der Waals surface area (Å²) < 4.78 is 0. The summed E-state index contributed by atoms with van der Waals surface area (Å²) >= 11 is 0. The Bertz CT molecular complexity index is 644. The maximum absolute atomic E-state index is 12.3. The van der Waals surface area contributed by atoms with E-state index in [1.165, 1.54) is 5.56 Å². The largest absolute Gasteiger partial charge is 0.508 e. The summed E-state index contributed by atoms with van der Waals surface area (Å²) in [7, 11) is 0. The average Bonchev–Trinajstić information content (AvgIpc) is 2.91. The number of phenols is 1. The third-order valence-electron chi connectivity index (χ3n) is 3.82. The number of amides is 1. The number of aromatic hydroxyl groups is 1. The molecule has 0 saturated carbocycles. The van der Waals surface area contributed by atoms with Crippen LogP contribution in [-0.2, 0) is 11.2 Å². The highest BCUT2D eigenvalue weighted by Gasteiger charge is 2.27. The number of hydrogen-bond donors (Lipinski definition) is 3. The molecule has 2 unspecified atom stereocenters. The van der Waals surface area contributed by atoms with Crippen LogP contribution in [0.4, 0.5) is 5.69 Å². The van der Waals surface area contributed by atoms with Gasteiger partial charge in [-0.3, -0.25) is 4.79 Å². The minimum Gasteiger partial charge on any atom is -0.508 e. The van der Waals surface area contributed by atoms with Gasteiger partial charge in [0.05, 0.1) is 6.04 Å². The SMILES string of the molecule is CC(NC(=O)C1Cc2ccccc2N1)c1cccc(O)c1. The van der Waals surface area contributed by atoms with Gasteiger partial charge in [0.2, 0.25) is 5.91 Å². The van der Waals surface area contributed by atoms with Crippen molar-refractivity contribution in [1.29, 1.82) is 0 Å². The molecule has 0 saturated heterocycles. The van der Waals surface area contributed by atoms with E-state index in [-0.39, 0.29) is 23.7 Å². The van der Waals surface area contributed by atoms with Gasteiger partial charge in [0.25, 0.3) is 0 Å². The predicted molar refractivity (Wildman–Crippen MR) is 82.2 cm³/mol. The maximum Gasteiger partial charge on any atom is 0.243 e. The summed E-state index contributed by atoms with van der Waals surface area (Å²) in [5.74, 6) is 0.182. The van der Waals surface area contributed by atoms with Crippen LogP contribution in [0.25, 0.3) is 0 Å². The van der Waals surface area contributed by atoms with Crippen LogP contribution in [0.1, 0.15) is 24.1 Å². The van der Waals surface area contributed by atoms with Crippen molar-refractivity contribution in [2.24, 2.45) is 0 Å². The number of carbonyl (C=O) groups excluding carboxylic acids is 1. The number of benzene rings is 2. The fourth-order valence-corrected chi connectivity index (χ4v) is 2.65. The molecule has 1 amide bonds. The first-order valence-corrected chi connectivity index (χ1v) is 7.07. The summed E-state index contributed by atoms with van der Waals surface area (Å²) in [5.41, 5.74) is 3.09. The van der Waals surface area contributed by atoms with E-state index in [9.17, 15) is 9.90 Å². The van der Waals surface area contributed by atoms with Crippen LogP contribution in [0.3, 0.4) is 0 Å². The Hall–Kier alpha value is -2.49. The van der Waals surface area contributed by atoms with Gasteiger partial charge in [0.15, 0.2) is 0 Å². The number of carbonyl (C=O) groups is 1. The molecule has 3 N–H and O–H groups in total. The number of para-hydroxylation sites is 1. The van der Waals surface area contributed by atoms with Gasteiger partial charge >= 0.3 is 0 Å². The van der Waals surface area contributed by atoms with Crippen LogP contribution in [0.2, 0.25) is 0 Å². The highest BCUT2D eigenvalue weighted by molar-refractivity contribution is 5.87. The lowest BCUT2D eigenvalue weighted by Crippen LogP contribution is -2.39. The molecule has 21 heavy (non-hydrogen) atoms. The summed E-state index contributed by atoms with van der Waals surface area (Å²) in [6, 6.07) is 14.5. The average molecular weight is 282 g/mol. The van der Waals surface area contributed by atoms with Crippen LogP contribution in [0, 0.1) is 0 Å². The molecule has 108 valence electrons. The lowest BCUT2D eigenvalue weighted by Gasteiger charge is -2.18. The molecule has 1 aliphatic heterocycles. The molecule has 0 aromatic heterocycles. The Kier molecular flexibility index (Phi) is 3.52. The van der Waals surface area contributed by atoms with Gasteiger partial charge in [-0.25, -0.2) is 0 Å². The second-order valence-electron chi connectivity index (χ2n) is 5.38. The van der Waals surface area contributed by atoms with E-state index in [2.05, 4.69) is 10.6 Å². The number of anilines is 1. The fraction of sp³-hybridized carbons (Fsp3) is 0.235. The Morgan fingerprint density at radius 1 is 1.29 bits per heavy atom. The molecule has 1 heterocycles. The smallest absolute Gasteiger partial charge is 0.243 e. The zero-order valence-electron chi connectivity index (χ0n) is 11.8. The lowest BCUT2D eigenvalue weighted by molar-refractivity contribution is -0.122. The minimum atomic E-state index is -0.234. The van der Waals surface area contributed by atoms with Crippen molar-refractivity contribution < 1.29 is 9.90 Å². The Morgan fingerprint density at radius 3 is 2.86 bits per heavy atom. The molecule has 2 aromatic carbocycles. The van der Waals surface area contributed by atoms with E-state index < -0.39 is 0 Å². The van der Waals surface area contributed by atoms with Gasteiger partial charge < -0.3 is 15.7 Å². The molecule has 3 rings (SSSR count). The van der Waals surface area contributed by atoms with Crippen molar-refractivity contribution in [3.8, 4) is 5.75 Å². The first-order valence-electron chi connectivity index (χ1n) is 7.07. The summed E-state index contributed by atoms with van der Waals surface area (Å²) in [5, 5.41) is 15.7. The van der Waals surface area contributed by atoms with Crippen LogP contribution in [0.5, 0.6) is 5.75 Å². The van der Waals surface area contributed by atoms with E-state index in [0.717, 1.165) is 11.3 Å². The van der Waals surface area contributed by atoms with Crippen LogP contribution in [-0.4, -0.2) is 17.1 Å². The number of fused-ring (bicyclic) bond motifs is 1. The molecule has 0 radical (unpaired) electrons. The fourth-order valence-electron chi connectivity index (χ4n) is 2.65.